The minimum Gasteiger partial charge on any atom is -0.348 e. The molecule has 1 aromatic carbocycles. The number of alkyl halides is 2. The van der Waals surface area contributed by atoms with Crippen molar-refractivity contribution in [1.29, 1.82) is 0 Å². The van der Waals surface area contributed by atoms with Gasteiger partial charge in [-0.15, -0.1) is 0 Å². The number of hydrogen-bond acceptors (Lipinski definition) is 6. The molecule has 1 fully saturated rings. The second-order valence-electron chi connectivity index (χ2n) is 10.4. The van der Waals surface area contributed by atoms with Crippen molar-refractivity contribution >= 4 is 28.4 Å². The zero-order chi connectivity index (χ0) is 29.0. The summed E-state index contributed by atoms with van der Waals surface area (Å²) in [5.74, 6) is -3.25. The van der Waals surface area contributed by atoms with Crippen LogP contribution in [0.25, 0.3) is 22.0 Å². The Bertz CT molecular complexity index is 1520. The van der Waals surface area contributed by atoms with Crippen LogP contribution < -0.4 is 10.6 Å². The van der Waals surface area contributed by atoms with E-state index in [-0.39, 0.29) is 36.2 Å². The van der Waals surface area contributed by atoms with Crippen LogP contribution in [0.1, 0.15) is 66.1 Å². The van der Waals surface area contributed by atoms with E-state index in [4.69, 9.17) is 0 Å². The Labute approximate surface area is 236 Å². The van der Waals surface area contributed by atoms with Gasteiger partial charge in [0.2, 0.25) is 0 Å². The number of pyridine rings is 2. The van der Waals surface area contributed by atoms with Gasteiger partial charge < -0.3 is 10.6 Å². The van der Waals surface area contributed by atoms with Crippen LogP contribution in [0.5, 0.6) is 0 Å². The van der Waals surface area contributed by atoms with E-state index in [9.17, 15) is 18.4 Å². The van der Waals surface area contributed by atoms with Crippen molar-refractivity contribution in [3.8, 4) is 11.1 Å². The normalized spacial score (nSPS) is 15.2. The zero-order valence-electron chi connectivity index (χ0n) is 23.1. The van der Waals surface area contributed by atoms with Gasteiger partial charge in [0.1, 0.15) is 5.69 Å². The highest BCUT2D eigenvalue weighted by molar-refractivity contribution is 6.11. The number of hydrogen-bond donors (Lipinski definition) is 3. The van der Waals surface area contributed by atoms with Gasteiger partial charge in [0.05, 0.1) is 17.4 Å². The summed E-state index contributed by atoms with van der Waals surface area (Å²) >= 11 is 0. The third-order valence-corrected chi connectivity index (χ3v) is 7.47. The smallest absolute Gasteiger partial charge is 0.276 e. The molecular weight excluding hydrogens is 528 g/mol. The van der Waals surface area contributed by atoms with Crippen LogP contribution in [0.4, 0.5) is 14.5 Å². The maximum atomic E-state index is 13.5. The Hall–Kier alpha value is -4.25. The predicted octanol–water partition coefficient (Wildman–Crippen LogP) is 5.42. The Morgan fingerprint density at radius 3 is 2.49 bits per heavy atom. The quantitative estimate of drug-likeness (QED) is 0.251. The van der Waals surface area contributed by atoms with Crippen molar-refractivity contribution < 1.29 is 18.4 Å². The number of piperidine rings is 1. The summed E-state index contributed by atoms with van der Waals surface area (Å²) < 4.78 is 27.1. The number of rotatable bonds is 9. The van der Waals surface area contributed by atoms with Crippen LogP contribution in [-0.4, -0.2) is 61.9 Å². The number of nitrogens with one attached hydrogen (secondary N) is 3. The lowest BCUT2D eigenvalue weighted by molar-refractivity contribution is -0.0566. The fraction of sp³-hybridized carbons (Fsp3) is 0.367. The van der Waals surface area contributed by atoms with Gasteiger partial charge in [-0.2, -0.15) is 5.10 Å². The second-order valence-corrected chi connectivity index (χ2v) is 10.4. The first-order valence-electron chi connectivity index (χ1n) is 13.9. The van der Waals surface area contributed by atoms with E-state index in [1.54, 1.807) is 24.5 Å². The minimum atomic E-state index is -2.58. The summed E-state index contributed by atoms with van der Waals surface area (Å²) in [5, 5.41) is 13.5. The average molecular weight is 562 g/mol. The Morgan fingerprint density at radius 1 is 1.00 bits per heavy atom. The largest absolute Gasteiger partial charge is 0.348 e. The highest BCUT2D eigenvalue weighted by Gasteiger charge is 2.33. The number of halogens is 2. The first-order valence-corrected chi connectivity index (χ1v) is 13.9. The summed E-state index contributed by atoms with van der Waals surface area (Å²) in [6, 6.07) is 10.9. The van der Waals surface area contributed by atoms with Gasteiger partial charge in [0.25, 0.3) is 17.7 Å². The molecule has 5 rings (SSSR count). The van der Waals surface area contributed by atoms with Crippen molar-refractivity contribution in [3.63, 3.8) is 0 Å². The van der Waals surface area contributed by atoms with Crippen molar-refractivity contribution in [2.45, 2.75) is 58.0 Å². The molecule has 1 aliphatic heterocycles. The monoisotopic (exact) mass is 561 g/mol. The lowest BCUT2D eigenvalue weighted by atomic mass is 10.0. The Kier molecular flexibility index (Phi) is 8.34. The van der Waals surface area contributed by atoms with Gasteiger partial charge in [-0.05, 0) is 54.3 Å². The molecule has 214 valence electrons. The molecule has 0 atom stereocenters. The molecule has 1 aliphatic rings. The maximum Gasteiger partial charge on any atom is 0.276 e. The minimum absolute atomic E-state index is 0.0882. The van der Waals surface area contributed by atoms with Crippen LogP contribution in [0.3, 0.4) is 0 Å². The van der Waals surface area contributed by atoms with Gasteiger partial charge in [-0.25, -0.2) is 13.8 Å². The number of fused-ring (bicyclic) bond motifs is 1. The molecule has 9 nitrogen and oxygen atoms in total. The predicted molar refractivity (Wildman–Crippen MR) is 153 cm³/mol. The fourth-order valence-corrected chi connectivity index (χ4v) is 4.94. The molecule has 11 heteroatoms. The standard InChI is InChI=1S/C30H33F2N7O2/c1-3-22(4-2)35-28(40)26-8-6-23(17-34-26)36-29(41)27-24-14-20(5-7-25(24)37-38-27)21-13-19(15-33-16-21)18-39-11-9-30(31,32)10-12-39/h5-8,13-17,22H,3-4,9-12,18H2,1-2H3,(H,35,40)(H,36,41)(H,37,38). The van der Waals surface area contributed by atoms with Gasteiger partial charge in [-0.3, -0.25) is 24.6 Å². The molecule has 2 amide bonds. The number of aromatic nitrogens is 4. The molecule has 3 aromatic heterocycles. The molecule has 0 saturated carbocycles. The van der Waals surface area contributed by atoms with Gasteiger partial charge in [0, 0.05) is 61.9 Å². The third-order valence-electron chi connectivity index (χ3n) is 7.47. The molecule has 0 spiro atoms. The molecule has 0 unspecified atom stereocenters. The number of benzene rings is 1. The number of H-pyrrole nitrogens is 1. The van der Waals surface area contributed by atoms with E-state index in [1.807, 2.05) is 43.0 Å². The molecule has 3 N–H and O–H groups in total. The first kappa shape index (κ1) is 28.3. The second kappa shape index (κ2) is 12.1. The van der Waals surface area contributed by atoms with E-state index >= 15 is 0 Å². The highest BCUT2D eigenvalue weighted by Crippen LogP contribution is 2.30. The zero-order valence-corrected chi connectivity index (χ0v) is 23.1. The number of carbonyl (C=O) groups excluding carboxylic acids is 2. The Morgan fingerprint density at radius 2 is 1.78 bits per heavy atom. The van der Waals surface area contributed by atoms with Gasteiger partial charge in [-0.1, -0.05) is 19.9 Å². The molecular formula is C30H33F2N7O2. The van der Waals surface area contributed by atoms with E-state index in [0.717, 1.165) is 29.5 Å². The third kappa shape index (κ3) is 6.74. The van der Waals surface area contributed by atoms with Crippen molar-refractivity contribution in [2.75, 3.05) is 18.4 Å². The van der Waals surface area contributed by atoms with Crippen LogP contribution in [0.2, 0.25) is 0 Å². The van der Waals surface area contributed by atoms with Crippen molar-refractivity contribution in [2.24, 2.45) is 0 Å². The number of amides is 2. The highest BCUT2D eigenvalue weighted by atomic mass is 19.3. The first-order chi connectivity index (χ1) is 19.7. The Balaban J connectivity index is 1.29. The van der Waals surface area contributed by atoms with Crippen molar-refractivity contribution in [1.82, 2.24) is 30.4 Å². The summed E-state index contributed by atoms with van der Waals surface area (Å²) in [5.41, 5.74) is 4.27. The summed E-state index contributed by atoms with van der Waals surface area (Å²) in [4.78, 5) is 36.1. The molecule has 41 heavy (non-hydrogen) atoms. The molecule has 4 heterocycles. The molecule has 1 saturated heterocycles. The van der Waals surface area contributed by atoms with Crippen LogP contribution in [-0.2, 0) is 6.54 Å². The molecule has 0 radical (unpaired) electrons. The van der Waals surface area contributed by atoms with E-state index in [1.165, 1.54) is 6.20 Å². The number of carbonyl (C=O) groups is 2. The fourth-order valence-electron chi connectivity index (χ4n) is 4.94. The van der Waals surface area contributed by atoms with E-state index in [0.29, 0.717) is 36.2 Å². The number of aromatic amines is 1. The van der Waals surface area contributed by atoms with Gasteiger partial charge >= 0.3 is 0 Å². The van der Waals surface area contributed by atoms with Crippen LogP contribution in [0.15, 0.2) is 55.0 Å². The summed E-state index contributed by atoms with van der Waals surface area (Å²) in [6.45, 7) is 5.27. The lowest BCUT2D eigenvalue weighted by Crippen LogP contribution is -2.38. The SMILES string of the molecule is CCC(CC)NC(=O)c1ccc(NC(=O)c2n[nH]c3ccc(-c4cncc(CN5CCC(F)(F)CC5)c4)cc23)cn1. The topological polar surface area (TPSA) is 116 Å². The molecule has 0 aliphatic carbocycles. The number of likely N-dealkylation sites (tertiary alicyclic amines) is 1. The summed E-state index contributed by atoms with van der Waals surface area (Å²) in [6.07, 6.45) is 6.34. The molecule has 4 aromatic rings. The number of anilines is 1. The lowest BCUT2D eigenvalue weighted by Gasteiger charge is -2.31. The number of nitrogens with zero attached hydrogens (tertiary/aromatic N) is 4. The van der Waals surface area contributed by atoms with E-state index in [2.05, 4.69) is 30.8 Å². The van der Waals surface area contributed by atoms with Crippen molar-refractivity contribution in [3.05, 3.63) is 71.9 Å². The van der Waals surface area contributed by atoms with Crippen LogP contribution >= 0.6 is 0 Å². The summed E-state index contributed by atoms with van der Waals surface area (Å²) in [7, 11) is 0. The maximum absolute atomic E-state index is 13.5. The van der Waals surface area contributed by atoms with Gasteiger partial charge in [0.15, 0.2) is 5.69 Å². The van der Waals surface area contributed by atoms with Crippen LogP contribution in [0, 0.1) is 0 Å². The molecule has 0 bridgehead atoms. The average Bonchev–Trinajstić information content (AvgIpc) is 3.41. The van der Waals surface area contributed by atoms with E-state index < -0.39 is 11.8 Å².